The summed E-state index contributed by atoms with van der Waals surface area (Å²) in [6, 6.07) is 10.5. The molecular weight excluding hydrogens is 406 g/mol. The van der Waals surface area contributed by atoms with Crippen LogP contribution in [0.25, 0.3) is 0 Å². The first-order valence-corrected chi connectivity index (χ1v) is 12.2. The molecule has 0 aliphatic carbocycles. The molecular formula is C27H44ClNS. The second-order valence-corrected chi connectivity index (χ2v) is 8.67. The lowest BCUT2D eigenvalue weighted by Crippen LogP contribution is -2.06. The van der Waals surface area contributed by atoms with Crippen molar-refractivity contribution >= 4 is 22.9 Å². The predicted molar refractivity (Wildman–Crippen MR) is 142 cm³/mol. The van der Waals surface area contributed by atoms with Gasteiger partial charge in [0.25, 0.3) is 0 Å². The summed E-state index contributed by atoms with van der Waals surface area (Å²) in [6.07, 6.45) is 5.09. The van der Waals surface area contributed by atoms with Gasteiger partial charge in [-0.15, -0.1) is 13.2 Å². The maximum absolute atomic E-state index is 5.87. The molecule has 30 heavy (non-hydrogen) atoms. The fourth-order valence-electron chi connectivity index (χ4n) is 3.60. The molecule has 0 radical (unpaired) electrons. The van der Waals surface area contributed by atoms with Crippen LogP contribution in [0.5, 0.6) is 0 Å². The molecule has 0 fully saturated rings. The van der Waals surface area contributed by atoms with Crippen LogP contribution in [0.1, 0.15) is 83.3 Å². The van der Waals surface area contributed by atoms with Crippen LogP contribution in [0.4, 0.5) is 0 Å². The molecule has 0 saturated heterocycles. The Balaban J connectivity index is 0. The third-order valence-corrected chi connectivity index (χ3v) is 5.67. The number of allylic oxidation sites excluding steroid dienone is 1. The summed E-state index contributed by atoms with van der Waals surface area (Å²) in [5.74, 6) is 1.91. The standard InChI is InChI=1S/C13H19Cl.C11H16S.C2H4.CH5N/c1-3-5-11(6-4-2)12-7-9-13(14)10-8-12;1-8(2)11(9(3)4)10-5-6-12-7-10;2*1-2/h7-11H,3-6H2,1-2H3;5-7,9,11H,1H2,2-4H3;1-2H2;2H2,1H3. The third-order valence-electron chi connectivity index (χ3n) is 4.72. The Kier molecular flexibility index (Phi) is 20.2. The highest BCUT2D eigenvalue weighted by atomic mass is 35.5. The quantitative estimate of drug-likeness (QED) is 0.399. The lowest BCUT2D eigenvalue weighted by molar-refractivity contribution is 0.558. The Morgan fingerprint density at radius 1 is 0.967 bits per heavy atom. The smallest absolute Gasteiger partial charge is 0.0406 e. The number of nitrogens with two attached hydrogens (primary N) is 1. The second-order valence-electron chi connectivity index (χ2n) is 7.45. The molecule has 0 saturated carbocycles. The van der Waals surface area contributed by atoms with E-state index in [1.54, 1.807) is 11.3 Å². The number of halogens is 1. The van der Waals surface area contributed by atoms with E-state index in [4.69, 9.17) is 11.6 Å². The van der Waals surface area contributed by atoms with Crippen LogP contribution in [0, 0.1) is 5.92 Å². The van der Waals surface area contributed by atoms with E-state index in [-0.39, 0.29) is 0 Å². The first kappa shape index (κ1) is 30.8. The van der Waals surface area contributed by atoms with Crippen molar-refractivity contribution in [2.24, 2.45) is 11.7 Å². The summed E-state index contributed by atoms with van der Waals surface area (Å²) >= 11 is 7.63. The summed E-state index contributed by atoms with van der Waals surface area (Å²) in [5.41, 5.74) is 8.63. The monoisotopic (exact) mass is 449 g/mol. The van der Waals surface area contributed by atoms with Gasteiger partial charge in [0.05, 0.1) is 0 Å². The van der Waals surface area contributed by atoms with Crippen LogP contribution < -0.4 is 5.73 Å². The SMILES string of the molecule is C=C.C=C(C)C(c1ccsc1)C(C)C.CCCC(CCC)c1ccc(Cl)cc1.CN. The van der Waals surface area contributed by atoms with Crippen LogP contribution >= 0.6 is 22.9 Å². The van der Waals surface area contributed by atoms with E-state index in [2.05, 4.69) is 89.0 Å². The van der Waals surface area contributed by atoms with Crippen LogP contribution in [-0.2, 0) is 0 Å². The Bertz CT molecular complexity index is 625. The Morgan fingerprint density at radius 2 is 1.47 bits per heavy atom. The van der Waals surface area contributed by atoms with Crippen molar-refractivity contribution in [3.63, 3.8) is 0 Å². The molecule has 1 heterocycles. The average Bonchev–Trinajstić information content (AvgIpc) is 3.25. The van der Waals surface area contributed by atoms with Gasteiger partial charge in [-0.1, -0.05) is 76.4 Å². The first-order valence-electron chi connectivity index (χ1n) is 10.9. The molecule has 1 aromatic heterocycles. The van der Waals surface area contributed by atoms with Gasteiger partial charge < -0.3 is 5.73 Å². The lowest BCUT2D eigenvalue weighted by atomic mass is 9.85. The second kappa shape index (κ2) is 19.6. The number of rotatable bonds is 8. The normalized spacial score (nSPS) is 10.7. The van der Waals surface area contributed by atoms with Gasteiger partial charge in [-0.25, -0.2) is 0 Å². The molecule has 0 aliphatic rings. The fraction of sp³-hybridized carbons (Fsp3) is 0.481. The van der Waals surface area contributed by atoms with Gasteiger partial charge in [-0.05, 0) is 78.7 Å². The highest BCUT2D eigenvalue weighted by Gasteiger charge is 2.16. The maximum Gasteiger partial charge on any atom is 0.0406 e. The topological polar surface area (TPSA) is 26.0 Å². The van der Waals surface area contributed by atoms with Crippen molar-refractivity contribution in [1.29, 1.82) is 0 Å². The maximum atomic E-state index is 5.87. The van der Waals surface area contributed by atoms with Gasteiger partial charge in [0.1, 0.15) is 0 Å². The van der Waals surface area contributed by atoms with Gasteiger partial charge in [-0.2, -0.15) is 11.3 Å². The van der Waals surface area contributed by atoms with Gasteiger partial charge >= 0.3 is 0 Å². The van der Waals surface area contributed by atoms with Crippen LogP contribution in [0.3, 0.4) is 0 Å². The van der Waals surface area contributed by atoms with E-state index >= 15 is 0 Å². The lowest BCUT2D eigenvalue weighted by Gasteiger charge is -2.19. The van der Waals surface area contributed by atoms with Crippen molar-refractivity contribution < 1.29 is 0 Å². The molecule has 170 valence electrons. The summed E-state index contributed by atoms with van der Waals surface area (Å²) in [4.78, 5) is 0. The molecule has 0 spiro atoms. The summed E-state index contributed by atoms with van der Waals surface area (Å²) < 4.78 is 0. The van der Waals surface area contributed by atoms with Crippen LogP contribution in [0.2, 0.25) is 5.02 Å². The van der Waals surface area contributed by atoms with Gasteiger partial charge in [0.2, 0.25) is 0 Å². The zero-order valence-corrected chi connectivity index (χ0v) is 21.7. The minimum absolute atomic E-state index is 0.538. The summed E-state index contributed by atoms with van der Waals surface area (Å²) in [5, 5.41) is 5.19. The highest BCUT2D eigenvalue weighted by Crippen LogP contribution is 2.31. The average molecular weight is 450 g/mol. The molecule has 1 atom stereocenters. The summed E-state index contributed by atoms with van der Waals surface area (Å²) in [7, 11) is 1.50. The number of benzene rings is 1. The molecule has 0 amide bonds. The molecule has 2 N–H and O–H groups in total. The van der Waals surface area contributed by atoms with Crippen molar-refractivity contribution in [3.8, 4) is 0 Å². The molecule has 2 aromatic rings. The highest BCUT2D eigenvalue weighted by molar-refractivity contribution is 7.08. The zero-order chi connectivity index (χ0) is 23.5. The van der Waals surface area contributed by atoms with Gasteiger partial charge in [-0.3, -0.25) is 0 Å². The van der Waals surface area contributed by atoms with Gasteiger partial charge in [0, 0.05) is 10.9 Å². The Morgan fingerprint density at radius 3 is 1.80 bits per heavy atom. The van der Waals surface area contributed by atoms with E-state index < -0.39 is 0 Å². The number of hydrogen-bond acceptors (Lipinski definition) is 2. The first-order chi connectivity index (χ1) is 14.4. The fourth-order valence-corrected chi connectivity index (χ4v) is 4.42. The minimum Gasteiger partial charge on any atom is -0.333 e. The molecule has 0 bridgehead atoms. The molecule has 1 unspecified atom stereocenters. The Hall–Kier alpha value is -1.35. The molecule has 0 aliphatic heterocycles. The Labute approximate surface area is 196 Å². The van der Waals surface area contributed by atoms with Crippen molar-refractivity contribution in [1.82, 2.24) is 0 Å². The van der Waals surface area contributed by atoms with Crippen molar-refractivity contribution in [2.75, 3.05) is 7.05 Å². The number of hydrogen-bond donors (Lipinski definition) is 1. The zero-order valence-electron chi connectivity index (χ0n) is 20.1. The van der Waals surface area contributed by atoms with Crippen LogP contribution in [0.15, 0.2) is 66.4 Å². The van der Waals surface area contributed by atoms with Gasteiger partial charge in [0.15, 0.2) is 0 Å². The van der Waals surface area contributed by atoms with Crippen molar-refractivity contribution in [3.05, 3.63) is 82.6 Å². The minimum atomic E-state index is 0.538. The number of thiophene rings is 1. The van der Waals surface area contributed by atoms with E-state index in [0.29, 0.717) is 11.8 Å². The predicted octanol–water partition coefficient (Wildman–Crippen LogP) is 9.46. The van der Waals surface area contributed by atoms with E-state index in [9.17, 15) is 0 Å². The van der Waals surface area contributed by atoms with E-state index in [1.165, 1.54) is 49.4 Å². The van der Waals surface area contributed by atoms with E-state index in [1.807, 2.05) is 12.1 Å². The molecule has 1 aromatic carbocycles. The molecule has 2 rings (SSSR count). The molecule has 1 nitrogen and oxygen atoms in total. The van der Waals surface area contributed by atoms with Crippen molar-refractivity contribution in [2.45, 2.75) is 72.1 Å². The van der Waals surface area contributed by atoms with Crippen LogP contribution in [-0.4, -0.2) is 7.05 Å². The summed E-state index contributed by atoms with van der Waals surface area (Å²) in [6.45, 7) is 21.1. The third kappa shape index (κ3) is 12.4. The van der Waals surface area contributed by atoms with E-state index in [0.717, 1.165) is 10.9 Å². The largest absolute Gasteiger partial charge is 0.333 e. The molecule has 3 heteroatoms.